The number of rotatable bonds is 4. The van der Waals surface area contributed by atoms with Gasteiger partial charge in [0.15, 0.2) is 11.5 Å². The van der Waals surface area contributed by atoms with E-state index in [4.69, 9.17) is 9.26 Å². The van der Waals surface area contributed by atoms with E-state index in [-0.39, 0.29) is 11.9 Å². The van der Waals surface area contributed by atoms with Gasteiger partial charge in [-0.1, -0.05) is 30.1 Å². The first kappa shape index (κ1) is 18.3. The zero-order chi connectivity index (χ0) is 19.5. The van der Waals surface area contributed by atoms with Crippen LogP contribution in [0.4, 0.5) is 0 Å². The molecule has 7 heteroatoms. The fourth-order valence-electron chi connectivity index (χ4n) is 3.77. The molecule has 0 unspecified atom stereocenters. The van der Waals surface area contributed by atoms with Crippen molar-refractivity contribution in [3.05, 3.63) is 54.0 Å². The van der Waals surface area contributed by atoms with E-state index in [0.717, 1.165) is 36.9 Å². The van der Waals surface area contributed by atoms with Crippen LogP contribution in [-0.4, -0.2) is 39.4 Å². The molecule has 0 bridgehead atoms. The van der Waals surface area contributed by atoms with Gasteiger partial charge in [-0.05, 0) is 31.0 Å². The Morgan fingerprint density at radius 3 is 2.86 bits per heavy atom. The molecule has 1 aliphatic heterocycles. The van der Waals surface area contributed by atoms with E-state index in [9.17, 15) is 4.79 Å². The lowest BCUT2D eigenvalue weighted by atomic mass is 10.1. The molecular weight excluding hydrogens is 356 g/mol. The van der Waals surface area contributed by atoms with E-state index in [1.807, 2.05) is 48.5 Å². The van der Waals surface area contributed by atoms with Crippen LogP contribution in [0.15, 0.2) is 47.1 Å². The molecule has 3 aromatic rings. The Kier molecular flexibility index (Phi) is 5.14. The highest BCUT2D eigenvalue weighted by molar-refractivity contribution is 5.93. The fraction of sp³-hybridized carbons (Fsp3) is 0.381. The number of aromatic nitrogens is 3. The summed E-state index contributed by atoms with van der Waals surface area (Å²) in [5, 5.41) is 8.60. The molecule has 0 aliphatic carbocycles. The second-order valence-corrected chi connectivity index (χ2v) is 7.05. The number of ether oxygens (including phenoxy) is 1. The number of hydrogen-bond acceptors (Lipinski definition) is 5. The molecule has 0 radical (unpaired) electrons. The highest BCUT2D eigenvalue weighted by atomic mass is 16.5. The summed E-state index contributed by atoms with van der Waals surface area (Å²) in [6.07, 6.45) is 5.99. The lowest BCUT2D eigenvalue weighted by Gasteiger charge is -2.28. The Morgan fingerprint density at radius 1 is 1.21 bits per heavy atom. The van der Waals surface area contributed by atoms with Crippen molar-refractivity contribution in [2.45, 2.75) is 31.7 Å². The van der Waals surface area contributed by atoms with Crippen LogP contribution in [-0.2, 0) is 7.05 Å². The van der Waals surface area contributed by atoms with Crippen LogP contribution in [0.2, 0.25) is 0 Å². The highest BCUT2D eigenvalue weighted by Crippen LogP contribution is 2.33. The normalized spacial score (nSPS) is 17.4. The molecule has 1 amide bonds. The van der Waals surface area contributed by atoms with Crippen molar-refractivity contribution >= 4 is 5.91 Å². The van der Waals surface area contributed by atoms with Crippen LogP contribution in [0.5, 0.6) is 5.75 Å². The summed E-state index contributed by atoms with van der Waals surface area (Å²) in [5.41, 5.74) is 2.00. The lowest BCUT2D eigenvalue weighted by Crippen LogP contribution is -2.35. The number of aryl methyl sites for hydroxylation is 1. The highest BCUT2D eigenvalue weighted by Gasteiger charge is 2.31. The summed E-state index contributed by atoms with van der Waals surface area (Å²) in [5.74, 6) is 1.08. The number of carbonyl (C=O) groups excluding carboxylic acids is 1. The third-order valence-electron chi connectivity index (χ3n) is 5.19. The molecule has 7 nitrogen and oxygen atoms in total. The summed E-state index contributed by atoms with van der Waals surface area (Å²) >= 11 is 0. The Bertz CT molecular complexity index is 962. The molecule has 0 saturated carbocycles. The molecule has 1 aromatic carbocycles. The van der Waals surface area contributed by atoms with Gasteiger partial charge in [0, 0.05) is 25.9 Å². The van der Waals surface area contributed by atoms with Crippen molar-refractivity contribution in [3.63, 3.8) is 0 Å². The number of para-hydroxylation sites is 1. The average Bonchev–Trinajstić information content (AvgIpc) is 3.31. The van der Waals surface area contributed by atoms with Crippen LogP contribution in [0.3, 0.4) is 0 Å². The minimum absolute atomic E-state index is 0.0392. The predicted molar refractivity (Wildman–Crippen MR) is 104 cm³/mol. The second kappa shape index (κ2) is 7.88. The molecule has 28 heavy (non-hydrogen) atoms. The average molecular weight is 380 g/mol. The van der Waals surface area contributed by atoms with Crippen molar-refractivity contribution in [2.75, 3.05) is 13.7 Å². The first-order valence-corrected chi connectivity index (χ1v) is 9.58. The van der Waals surface area contributed by atoms with Crippen LogP contribution < -0.4 is 4.74 Å². The van der Waals surface area contributed by atoms with E-state index < -0.39 is 0 Å². The molecule has 3 heterocycles. The largest absolute Gasteiger partial charge is 0.496 e. The molecule has 2 aromatic heterocycles. The molecule has 1 aliphatic rings. The summed E-state index contributed by atoms with van der Waals surface area (Å²) in [4.78, 5) is 15.2. The number of methoxy groups -OCH3 is 1. The minimum Gasteiger partial charge on any atom is -0.496 e. The van der Waals surface area contributed by atoms with Gasteiger partial charge in [-0.2, -0.15) is 5.10 Å². The van der Waals surface area contributed by atoms with E-state index >= 15 is 0 Å². The van der Waals surface area contributed by atoms with Gasteiger partial charge in [0.2, 0.25) is 0 Å². The van der Waals surface area contributed by atoms with E-state index in [1.165, 1.54) is 0 Å². The zero-order valence-corrected chi connectivity index (χ0v) is 16.2. The number of amides is 1. The van der Waals surface area contributed by atoms with Crippen molar-refractivity contribution in [1.82, 2.24) is 19.8 Å². The monoisotopic (exact) mass is 380 g/mol. The number of nitrogens with zero attached hydrogens (tertiary/aromatic N) is 4. The molecule has 0 N–H and O–H groups in total. The summed E-state index contributed by atoms with van der Waals surface area (Å²) in [7, 11) is 3.50. The first-order valence-electron chi connectivity index (χ1n) is 9.58. The van der Waals surface area contributed by atoms with Crippen LogP contribution in [0, 0.1) is 0 Å². The number of hydrogen-bond donors (Lipinski definition) is 0. The third-order valence-corrected chi connectivity index (χ3v) is 5.19. The van der Waals surface area contributed by atoms with Crippen molar-refractivity contribution in [2.24, 2.45) is 7.05 Å². The summed E-state index contributed by atoms with van der Waals surface area (Å²) in [6, 6.07) is 11.2. The van der Waals surface area contributed by atoms with Crippen LogP contribution in [0.1, 0.15) is 47.9 Å². The summed E-state index contributed by atoms with van der Waals surface area (Å²) < 4.78 is 12.6. The van der Waals surface area contributed by atoms with Crippen LogP contribution >= 0.6 is 0 Å². The van der Waals surface area contributed by atoms with Crippen LogP contribution in [0.25, 0.3) is 11.3 Å². The van der Waals surface area contributed by atoms with E-state index in [1.54, 1.807) is 17.9 Å². The van der Waals surface area contributed by atoms with E-state index in [0.29, 0.717) is 23.7 Å². The molecule has 4 rings (SSSR count). The van der Waals surface area contributed by atoms with Gasteiger partial charge in [0.25, 0.3) is 5.91 Å². The van der Waals surface area contributed by atoms with Crippen molar-refractivity contribution in [1.29, 1.82) is 0 Å². The van der Waals surface area contributed by atoms with Crippen molar-refractivity contribution < 1.29 is 14.1 Å². The van der Waals surface area contributed by atoms with Gasteiger partial charge < -0.3 is 14.2 Å². The molecule has 1 atom stereocenters. The number of likely N-dealkylation sites (tertiary alicyclic amines) is 1. The topological polar surface area (TPSA) is 73.4 Å². The Hall–Kier alpha value is -3.09. The number of carbonyl (C=O) groups is 1. The first-order chi connectivity index (χ1) is 13.7. The van der Waals surface area contributed by atoms with Gasteiger partial charge in [0.05, 0.1) is 24.4 Å². The van der Waals surface area contributed by atoms with Gasteiger partial charge in [0.1, 0.15) is 5.75 Å². The number of benzene rings is 1. The smallest absolute Gasteiger partial charge is 0.276 e. The standard InChI is InChI=1S/C21H24N4O3/c1-24-13-11-16(22-24)18-9-4-3-7-12-25(18)21(26)17-14-20(28-23-17)15-8-5-6-10-19(15)27-2/h5-6,8,10-11,13-14,18H,3-4,7,9,12H2,1-2H3/t18-/m0/s1. The maximum absolute atomic E-state index is 13.3. The molecule has 1 saturated heterocycles. The lowest BCUT2D eigenvalue weighted by molar-refractivity contribution is 0.0666. The summed E-state index contributed by atoms with van der Waals surface area (Å²) in [6.45, 7) is 0.691. The van der Waals surface area contributed by atoms with E-state index in [2.05, 4.69) is 10.3 Å². The SMILES string of the molecule is COc1ccccc1-c1cc(C(=O)N2CCCCC[C@H]2c2ccn(C)n2)no1. The van der Waals surface area contributed by atoms with Gasteiger partial charge in [-0.15, -0.1) is 0 Å². The Morgan fingerprint density at radius 2 is 2.07 bits per heavy atom. The zero-order valence-electron chi connectivity index (χ0n) is 16.2. The second-order valence-electron chi connectivity index (χ2n) is 7.05. The van der Waals surface area contributed by atoms with Gasteiger partial charge in [-0.3, -0.25) is 9.48 Å². The third kappa shape index (κ3) is 3.52. The maximum Gasteiger partial charge on any atom is 0.276 e. The molecular formula is C21H24N4O3. The quantitative estimate of drug-likeness (QED) is 0.687. The minimum atomic E-state index is -0.123. The predicted octanol–water partition coefficient (Wildman–Crippen LogP) is 3.84. The Balaban J connectivity index is 1.63. The maximum atomic E-state index is 13.3. The van der Waals surface area contributed by atoms with Gasteiger partial charge >= 0.3 is 0 Å². The van der Waals surface area contributed by atoms with Crippen molar-refractivity contribution in [3.8, 4) is 17.1 Å². The van der Waals surface area contributed by atoms with Gasteiger partial charge in [-0.25, -0.2) is 0 Å². The molecule has 1 fully saturated rings. The molecule has 146 valence electrons. The Labute approximate surface area is 163 Å². The fourth-order valence-corrected chi connectivity index (χ4v) is 3.77. The molecule has 0 spiro atoms.